The van der Waals surface area contributed by atoms with Crippen LogP contribution in [0.25, 0.3) is 0 Å². The van der Waals surface area contributed by atoms with Crippen LogP contribution in [0.15, 0.2) is 36.4 Å². The highest BCUT2D eigenvalue weighted by Crippen LogP contribution is 2.21. The molecule has 20 heavy (non-hydrogen) atoms. The van der Waals surface area contributed by atoms with Gasteiger partial charge in [-0.25, -0.2) is 4.98 Å². The molecule has 1 aromatic carbocycles. The number of nitrogens with one attached hydrogen (secondary N) is 1. The van der Waals surface area contributed by atoms with Gasteiger partial charge < -0.3 is 11.1 Å². The highest BCUT2D eigenvalue weighted by atomic mass is 35.5. The number of halogens is 1. The summed E-state index contributed by atoms with van der Waals surface area (Å²) in [5.74, 6) is -0.817. The molecular weight excluding hydrogens is 278 g/mol. The minimum absolute atomic E-state index is 0.00219. The molecule has 0 fully saturated rings. The van der Waals surface area contributed by atoms with Crippen LogP contribution in [0.4, 0.5) is 11.4 Å². The molecule has 0 saturated carbocycles. The summed E-state index contributed by atoms with van der Waals surface area (Å²) in [5, 5.41) is 2.68. The van der Waals surface area contributed by atoms with E-state index in [1.165, 1.54) is 13.0 Å². The second kappa shape index (κ2) is 5.71. The molecule has 1 amide bonds. The molecule has 1 aromatic heterocycles. The number of hydrogen-bond donors (Lipinski definition) is 2. The van der Waals surface area contributed by atoms with E-state index in [1.807, 2.05) is 6.07 Å². The highest BCUT2D eigenvalue weighted by molar-refractivity contribution is 6.32. The monoisotopic (exact) mass is 289 g/mol. The predicted molar refractivity (Wildman–Crippen MR) is 78.1 cm³/mol. The topological polar surface area (TPSA) is 85.1 Å². The zero-order valence-electron chi connectivity index (χ0n) is 10.7. The molecule has 0 spiro atoms. The van der Waals surface area contributed by atoms with Crippen molar-refractivity contribution in [2.75, 3.05) is 11.1 Å². The number of carbonyl (C=O) groups is 2. The van der Waals surface area contributed by atoms with E-state index >= 15 is 0 Å². The Balaban J connectivity index is 2.39. The fourth-order valence-electron chi connectivity index (χ4n) is 1.67. The molecule has 2 rings (SSSR count). The molecule has 0 radical (unpaired) electrons. The van der Waals surface area contributed by atoms with Crippen LogP contribution in [0.2, 0.25) is 5.15 Å². The van der Waals surface area contributed by atoms with Crippen LogP contribution in [0.3, 0.4) is 0 Å². The predicted octanol–water partition coefficient (Wildman–Crippen LogP) is 2.77. The second-order valence-electron chi connectivity index (χ2n) is 4.14. The van der Waals surface area contributed by atoms with Gasteiger partial charge in [0.1, 0.15) is 5.69 Å². The maximum absolute atomic E-state index is 12.2. The number of nitrogens with two attached hydrogens (primary N) is 1. The Morgan fingerprint density at radius 3 is 2.50 bits per heavy atom. The molecule has 102 valence electrons. The standard InChI is InChI=1S/C14H12ClN3O2/c1-8(19)12-10(7-11(16)13(15)18-12)14(20)17-9-5-3-2-4-6-9/h2-7H,16H2,1H3,(H,17,20). The number of Topliss-reactive ketones (excluding diaryl/α,β-unsaturated/α-hetero) is 1. The number of rotatable bonds is 3. The van der Waals surface area contributed by atoms with E-state index in [9.17, 15) is 9.59 Å². The fraction of sp³-hybridized carbons (Fsp3) is 0.0714. The van der Waals surface area contributed by atoms with E-state index in [0.717, 1.165) is 0 Å². The van der Waals surface area contributed by atoms with Crippen LogP contribution < -0.4 is 11.1 Å². The van der Waals surface area contributed by atoms with E-state index in [-0.39, 0.29) is 27.9 Å². The van der Waals surface area contributed by atoms with Crippen LogP contribution in [0, 0.1) is 0 Å². The lowest BCUT2D eigenvalue weighted by Gasteiger charge is -2.09. The summed E-state index contributed by atoms with van der Waals surface area (Å²) >= 11 is 5.77. The number of nitrogens with zero attached hydrogens (tertiary/aromatic N) is 1. The third-order valence-corrected chi connectivity index (χ3v) is 2.92. The average Bonchev–Trinajstić information content (AvgIpc) is 2.42. The first-order valence-electron chi connectivity index (χ1n) is 5.82. The molecule has 6 heteroatoms. The highest BCUT2D eigenvalue weighted by Gasteiger charge is 2.18. The van der Waals surface area contributed by atoms with Crippen LogP contribution >= 0.6 is 11.6 Å². The van der Waals surface area contributed by atoms with Gasteiger partial charge in [-0.2, -0.15) is 0 Å². The fourth-order valence-corrected chi connectivity index (χ4v) is 1.81. The summed E-state index contributed by atoms with van der Waals surface area (Å²) in [5.41, 5.74) is 6.49. The van der Waals surface area contributed by atoms with Gasteiger partial charge in [-0.15, -0.1) is 0 Å². The average molecular weight is 290 g/mol. The van der Waals surface area contributed by atoms with E-state index in [0.29, 0.717) is 5.69 Å². The summed E-state index contributed by atoms with van der Waals surface area (Å²) in [7, 11) is 0. The molecule has 0 aliphatic rings. The third kappa shape index (κ3) is 2.95. The first-order valence-corrected chi connectivity index (χ1v) is 6.20. The number of nitrogen functional groups attached to an aromatic ring is 1. The van der Waals surface area contributed by atoms with Gasteiger partial charge in [-0.1, -0.05) is 29.8 Å². The van der Waals surface area contributed by atoms with E-state index in [2.05, 4.69) is 10.3 Å². The summed E-state index contributed by atoms with van der Waals surface area (Å²) in [6.07, 6.45) is 0. The van der Waals surface area contributed by atoms with Gasteiger partial charge in [0.05, 0.1) is 11.3 Å². The number of carbonyl (C=O) groups excluding carboxylic acids is 2. The molecule has 0 bridgehead atoms. The van der Waals surface area contributed by atoms with Crippen molar-refractivity contribution in [3.8, 4) is 0 Å². The Kier molecular flexibility index (Phi) is 4.00. The van der Waals surface area contributed by atoms with Crippen molar-refractivity contribution in [1.82, 2.24) is 4.98 Å². The Labute approximate surface area is 120 Å². The Morgan fingerprint density at radius 2 is 1.90 bits per heavy atom. The maximum Gasteiger partial charge on any atom is 0.258 e. The molecule has 0 aliphatic carbocycles. The third-order valence-electron chi connectivity index (χ3n) is 2.61. The van der Waals surface area contributed by atoms with Crippen molar-refractivity contribution in [2.24, 2.45) is 0 Å². The van der Waals surface area contributed by atoms with Crippen molar-refractivity contribution < 1.29 is 9.59 Å². The van der Waals surface area contributed by atoms with Gasteiger partial charge in [-0.3, -0.25) is 9.59 Å². The van der Waals surface area contributed by atoms with Crippen LogP contribution in [0.1, 0.15) is 27.8 Å². The van der Waals surface area contributed by atoms with Gasteiger partial charge >= 0.3 is 0 Å². The van der Waals surface area contributed by atoms with Crippen LogP contribution in [0.5, 0.6) is 0 Å². The summed E-state index contributed by atoms with van der Waals surface area (Å²) in [4.78, 5) is 27.6. The molecule has 5 nitrogen and oxygen atoms in total. The minimum Gasteiger partial charge on any atom is -0.396 e. The van der Waals surface area contributed by atoms with Gasteiger partial charge in [0.2, 0.25) is 0 Å². The maximum atomic E-state index is 12.2. The number of amides is 1. The lowest BCUT2D eigenvalue weighted by molar-refractivity contribution is 0.0981. The zero-order valence-corrected chi connectivity index (χ0v) is 11.4. The quantitative estimate of drug-likeness (QED) is 0.672. The number of ketones is 1. The van der Waals surface area contributed by atoms with Gasteiger partial charge in [0, 0.05) is 12.6 Å². The van der Waals surface area contributed by atoms with Gasteiger partial charge in [0.15, 0.2) is 10.9 Å². The van der Waals surface area contributed by atoms with Crippen molar-refractivity contribution in [2.45, 2.75) is 6.92 Å². The number of para-hydroxylation sites is 1. The summed E-state index contributed by atoms with van der Waals surface area (Å²) < 4.78 is 0. The summed E-state index contributed by atoms with van der Waals surface area (Å²) in [6.45, 7) is 1.31. The number of anilines is 2. The molecule has 0 unspecified atom stereocenters. The normalized spacial score (nSPS) is 10.1. The van der Waals surface area contributed by atoms with E-state index in [1.54, 1.807) is 24.3 Å². The molecule has 1 heterocycles. The largest absolute Gasteiger partial charge is 0.396 e. The minimum atomic E-state index is -0.461. The Morgan fingerprint density at radius 1 is 1.25 bits per heavy atom. The Hall–Kier alpha value is -2.40. The van der Waals surface area contributed by atoms with Crippen molar-refractivity contribution in [3.05, 3.63) is 52.8 Å². The SMILES string of the molecule is CC(=O)c1nc(Cl)c(N)cc1C(=O)Nc1ccccc1. The molecular formula is C14H12ClN3O2. The molecule has 0 aliphatic heterocycles. The second-order valence-corrected chi connectivity index (χ2v) is 4.50. The van der Waals surface area contributed by atoms with Crippen molar-refractivity contribution >= 4 is 34.7 Å². The number of benzene rings is 1. The first kappa shape index (κ1) is 14.0. The zero-order chi connectivity index (χ0) is 14.7. The number of hydrogen-bond acceptors (Lipinski definition) is 4. The molecule has 0 saturated heterocycles. The summed E-state index contributed by atoms with van der Waals surface area (Å²) in [6, 6.07) is 10.2. The number of pyridine rings is 1. The van der Waals surface area contributed by atoms with Crippen LogP contribution in [-0.4, -0.2) is 16.7 Å². The van der Waals surface area contributed by atoms with Crippen LogP contribution in [-0.2, 0) is 0 Å². The number of aromatic nitrogens is 1. The van der Waals surface area contributed by atoms with E-state index < -0.39 is 5.91 Å². The van der Waals surface area contributed by atoms with Gasteiger partial charge in [-0.05, 0) is 18.2 Å². The lowest BCUT2D eigenvalue weighted by atomic mass is 10.1. The van der Waals surface area contributed by atoms with E-state index in [4.69, 9.17) is 17.3 Å². The van der Waals surface area contributed by atoms with Crippen molar-refractivity contribution in [3.63, 3.8) is 0 Å². The molecule has 3 N–H and O–H groups in total. The Bertz CT molecular complexity index is 672. The smallest absolute Gasteiger partial charge is 0.258 e. The molecule has 2 aromatic rings. The first-order chi connectivity index (χ1) is 9.49. The van der Waals surface area contributed by atoms with Crippen molar-refractivity contribution in [1.29, 1.82) is 0 Å². The lowest BCUT2D eigenvalue weighted by Crippen LogP contribution is -2.17. The molecule has 0 atom stereocenters. The van der Waals surface area contributed by atoms with Gasteiger partial charge in [0.25, 0.3) is 5.91 Å².